The molecular formula is C8H8F4N2. The van der Waals surface area contributed by atoms with Gasteiger partial charge in [-0.05, 0) is 6.07 Å². The minimum atomic E-state index is -4.39. The molecule has 0 aliphatic heterocycles. The number of aromatic nitrogens is 1. The van der Waals surface area contributed by atoms with Gasteiger partial charge in [-0.2, -0.15) is 13.2 Å². The monoisotopic (exact) mass is 208 g/mol. The molecule has 0 aliphatic rings. The summed E-state index contributed by atoms with van der Waals surface area (Å²) in [4.78, 5) is 3.41. The zero-order chi connectivity index (χ0) is 10.8. The van der Waals surface area contributed by atoms with Gasteiger partial charge >= 0.3 is 6.18 Å². The predicted molar refractivity (Wildman–Crippen MR) is 41.8 cm³/mol. The average Bonchev–Trinajstić information content (AvgIpc) is 2.01. The second-order valence-electron chi connectivity index (χ2n) is 2.82. The number of nitrogens with zero attached hydrogens (tertiary/aromatic N) is 1. The van der Waals surface area contributed by atoms with Crippen molar-refractivity contribution in [1.82, 2.24) is 4.98 Å². The number of nitrogens with two attached hydrogens (primary N) is 1. The van der Waals surface area contributed by atoms with Gasteiger partial charge in [-0.3, -0.25) is 4.98 Å². The summed E-state index contributed by atoms with van der Waals surface area (Å²) >= 11 is 0. The van der Waals surface area contributed by atoms with Crippen LogP contribution in [-0.2, 0) is 0 Å². The first-order valence-electron chi connectivity index (χ1n) is 3.82. The summed E-state index contributed by atoms with van der Waals surface area (Å²) in [5.41, 5.74) is 5.03. The molecule has 2 nitrogen and oxygen atoms in total. The molecule has 0 aliphatic carbocycles. The van der Waals surface area contributed by atoms with Crippen molar-refractivity contribution in [3.05, 3.63) is 29.8 Å². The van der Waals surface area contributed by atoms with Gasteiger partial charge in [0.25, 0.3) is 0 Å². The molecule has 1 aromatic rings. The van der Waals surface area contributed by atoms with E-state index in [-0.39, 0.29) is 5.56 Å². The molecule has 0 saturated heterocycles. The fraction of sp³-hybridized carbons (Fsp3) is 0.375. The number of hydrogen-bond acceptors (Lipinski definition) is 2. The van der Waals surface area contributed by atoms with Crippen LogP contribution in [0.5, 0.6) is 0 Å². The number of pyridine rings is 1. The molecule has 1 rings (SSSR count). The molecule has 78 valence electrons. The van der Waals surface area contributed by atoms with Gasteiger partial charge in [0.1, 0.15) is 5.82 Å². The highest BCUT2D eigenvalue weighted by Gasteiger charge is 2.31. The molecule has 0 saturated carbocycles. The molecule has 2 N–H and O–H groups in total. The first-order valence-corrected chi connectivity index (χ1v) is 3.82. The van der Waals surface area contributed by atoms with E-state index in [4.69, 9.17) is 5.73 Å². The molecule has 0 bridgehead atoms. The Morgan fingerprint density at radius 3 is 2.57 bits per heavy atom. The van der Waals surface area contributed by atoms with Gasteiger partial charge in [0.05, 0.1) is 12.6 Å². The van der Waals surface area contributed by atoms with Gasteiger partial charge in [-0.1, -0.05) is 0 Å². The molecular weight excluding hydrogens is 200 g/mol. The van der Waals surface area contributed by atoms with E-state index in [9.17, 15) is 17.6 Å². The van der Waals surface area contributed by atoms with Crippen LogP contribution in [0.15, 0.2) is 18.5 Å². The van der Waals surface area contributed by atoms with Crippen LogP contribution in [0.4, 0.5) is 17.6 Å². The lowest BCUT2D eigenvalue weighted by Crippen LogP contribution is -2.21. The van der Waals surface area contributed by atoms with E-state index in [1.807, 2.05) is 0 Å². The highest BCUT2D eigenvalue weighted by molar-refractivity contribution is 5.16. The van der Waals surface area contributed by atoms with Crippen molar-refractivity contribution >= 4 is 0 Å². The van der Waals surface area contributed by atoms with Gasteiger partial charge in [0, 0.05) is 17.8 Å². The topological polar surface area (TPSA) is 38.9 Å². The lowest BCUT2D eigenvalue weighted by Gasteiger charge is -2.14. The van der Waals surface area contributed by atoms with Crippen LogP contribution in [0, 0.1) is 5.82 Å². The van der Waals surface area contributed by atoms with E-state index in [0.717, 1.165) is 12.3 Å². The lowest BCUT2D eigenvalue weighted by atomic mass is 10.1. The smallest absolute Gasteiger partial charge is 0.324 e. The maximum absolute atomic E-state index is 12.9. The van der Waals surface area contributed by atoms with Crippen LogP contribution in [0.25, 0.3) is 0 Å². The van der Waals surface area contributed by atoms with Crippen LogP contribution in [0.1, 0.15) is 18.0 Å². The lowest BCUT2D eigenvalue weighted by molar-refractivity contribution is -0.138. The minimum absolute atomic E-state index is 0.169. The van der Waals surface area contributed by atoms with Crippen molar-refractivity contribution in [2.45, 2.75) is 18.6 Å². The summed E-state index contributed by atoms with van der Waals surface area (Å²) in [7, 11) is 0. The summed E-state index contributed by atoms with van der Waals surface area (Å²) in [5, 5.41) is 0. The van der Waals surface area contributed by atoms with E-state index in [2.05, 4.69) is 4.98 Å². The van der Waals surface area contributed by atoms with Crippen molar-refractivity contribution in [3.8, 4) is 0 Å². The van der Waals surface area contributed by atoms with Crippen molar-refractivity contribution in [1.29, 1.82) is 0 Å². The van der Waals surface area contributed by atoms with Gasteiger partial charge < -0.3 is 5.73 Å². The Morgan fingerprint density at radius 1 is 1.43 bits per heavy atom. The van der Waals surface area contributed by atoms with Crippen LogP contribution >= 0.6 is 0 Å². The Morgan fingerprint density at radius 2 is 2.07 bits per heavy atom. The van der Waals surface area contributed by atoms with E-state index in [1.54, 1.807) is 0 Å². The van der Waals surface area contributed by atoms with Gasteiger partial charge in [-0.15, -0.1) is 0 Å². The molecule has 0 amide bonds. The fourth-order valence-corrected chi connectivity index (χ4v) is 1.05. The SMILES string of the molecule is NC(CC(F)(F)F)c1ccncc1F. The highest BCUT2D eigenvalue weighted by Crippen LogP contribution is 2.28. The van der Waals surface area contributed by atoms with Gasteiger partial charge in [-0.25, -0.2) is 4.39 Å². The van der Waals surface area contributed by atoms with Crippen molar-refractivity contribution < 1.29 is 17.6 Å². The number of halogens is 4. The molecule has 0 radical (unpaired) electrons. The highest BCUT2D eigenvalue weighted by atomic mass is 19.4. The van der Waals surface area contributed by atoms with Crippen molar-refractivity contribution in [2.24, 2.45) is 5.73 Å². The van der Waals surface area contributed by atoms with E-state index < -0.39 is 24.5 Å². The van der Waals surface area contributed by atoms with Crippen LogP contribution in [0.2, 0.25) is 0 Å². The summed E-state index contributed by atoms with van der Waals surface area (Å²) in [6, 6.07) is -0.232. The Bertz CT molecular complexity index is 310. The van der Waals surface area contributed by atoms with Crippen LogP contribution in [-0.4, -0.2) is 11.2 Å². The van der Waals surface area contributed by atoms with E-state index >= 15 is 0 Å². The summed E-state index contributed by atoms with van der Waals surface area (Å²) in [6.45, 7) is 0. The third-order valence-corrected chi connectivity index (χ3v) is 1.65. The number of rotatable bonds is 2. The van der Waals surface area contributed by atoms with Gasteiger partial charge in [0.15, 0.2) is 0 Å². The first kappa shape index (κ1) is 10.9. The Kier molecular flexibility index (Phi) is 3.05. The number of alkyl halides is 3. The molecule has 1 atom stereocenters. The molecule has 0 fully saturated rings. The largest absolute Gasteiger partial charge is 0.390 e. The fourth-order valence-electron chi connectivity index (χ4n) is 1.05. The second kappa shape index (κ2) is 3.91. The molecule has 0 aromatic carbocycles. The molecule has 1 heterocycles. The normalized spacial score (nSPS) is 14.1. The molecule has 0 spiro atoms. The Labute approximate surface area is 77.7 Å². The van der Waals surface area contributed by atoms with E-state index in [1.165, 1.54) is 6.20 Å². The van der Waals surface area contributed by atoms with Crippen LogP contribution in [0.3, 0.4) is 0 Å². The molecule has 1 aromatic heterocycles. The molecule has 1 unspecified atom stereocenters. The minimum Gasteiger partial charge on any atom is -0.324 e. The average molecular weight is 208 g/mol. The van der Waals surface area contributed by atoms with E-state index in [0.29, 0.717) is 0 Å². The summed E-state index contributed by atoms with van der Waals surface area (Å²) in [6.07, 6.45) is -3.59. The third-order valence-electron chi connectivity index (χ3n) is 1.65. The maximum atomic E-state index is 12.9. The summed E-state index contributed by atoms with van der Waals surface area (Å²) < 4.78 is 48.6. The quantitative estimate of drug-likeness (QED) is 0.756. The molecule has 14 heavy (non-hydrogen) atoms. The maximum Gasteiger partial charge on any atom is 0.390 e. The Hall–Kier alpha value is -1.17. The first-order chi connectivity index (χ1) is 6.40. The zero-order valence-electron chi connectivity index (χ0n) is 7.05. The molecule has 6 heteroatoms. The third kappa shape index (κ3) is 2.95. The van der Waals surface area contributed by atoms with Crippen LogP contribution < -0.4 is 5.73 Å². The number of hydrogen-bond donors (Lipinski definition) is 1. The van der Waals surface area contributed by atoms with Gasteiger partial charge in [0.2, 0.25) is 0 Å². The van der Waals surface area contributed by atoms with Crippen molar-refractivity contribution in [2.75, 3.05) is 0 Å². The standard InChI is InChI=1S/C8H8F4N2/c9-6-4-14-2-1-5(6)7(13)3-8(10,11)12/h1-2,4,7H,3,13H2. The zero-order valence-corrected chi connectivity index (χ0v) is 7.05. The predicted octanol–water partition coefficient (Wildman–Crippen LogP) is 2.17. The second-order valence-corrected chi connectivity index (χ2v) is 2.82. The van der Waals surface area contributed by atoms with Crippen molar-refractivity contribution in [3.63, 3.8) is 0 Å². The summed E-state index contributed by atoms with van der Waals surface area (Å²) in [5.74, 6) is -0.816. The Balaban J connectivity index is 2.80.